The van der Waals surface area contributed by atoms with Crippen LogP contribution in [0, 0.1) is 20.8 Å². The summed E-state index contributed by atoms with van der Waals surface area (Å²) in [6, 6.07) is 6.05. The summed E-state index contributed by atoms with van der Waals surface area (Å²) in [6.45, 7) is 9.85. The number of nitrogens with one attached hydrogen (secondary N) is 1. The Morgan fingerprint density at radius 1 is 1.13 bits per heavy atom. The molecule has 1 N–H and O–H groups in total. The van der Waals surface area contributed by atoms with E-state index in [9.17, 15) is 9.59 Å². The van der Waals surface area contributed by atoms with E-state index in [1.807, 2.05) is 39.8 Å². The number of hydrogen-bond donors (Lipinski definition) is 1. The zero-order chi connectivity index (χ0) is 22.5. The Morgan fingerprint density at radius 3 is 2.61 bits per heavy atom. The van der Waals surface area contributed by atoms with Crippen molar-refractivity contribution in [2.45, 2.75) is 34.6 Å². The molecule has 3 rings (SSSR count). The van der Waals surface area contributed by atoms with Crippen LogP contribution >= 0.6 is 0 Å². The molecule has 0 aliphatic rings. The summed E-state index contributed by atoms with van der Waals surface area (Å²) in [5.74, 6) is -0.245. The Balaban J connectivity index is 2.14. The van der Waals surface area contributed by atoms with Gasteiger partial charge in [0.05, 0.1) is 18.3 Å². The molecule has 0 unspecified atom stereocenters. The van der Waals surface area contributed by atoms with Crippen LogP contribution in [0.1, 0.15) is 40.9 Å². The molecule has 1 amide bonds. The average molecular weight is 418 g/mol. The minimum absolute atomic E-state index is 0.162. The van der Waals surface area contributed by atoms with Crippen LogP contribution in [0.25, 0.3) is 16.7 Å². The summed E-state index contributed by atoms with van der Waals surface area (Å²) < 4.78 is 6.59. The van der Waals surface area contributed by atoms with Crippen molar-refractivity contribution in [3.8, 4) is 5.82 Å². The molecule has 0 saturated carbocycles. The number of hydrogen-bond acceptors (Lipinski definition) is 5. The number of aromatic nitrogens is 3. The molecule has 0 spiro atoms. The molecular formula is C24H26N4O3. The van der Waals surface area contributed by atoms with E-state index in [0.29, 0.717) is 5.82 Å². The molecular weight excluding hydrogens is 392 g/mol. The van der Waals surface area contributed by atoms with Crippen molar-refractivity contribution in [2.24, 2.45) is 0 Å². The fourth-order valence-corrected chi connectivity index (χ4v) is 3.35. The fraction of sp³-hybridized carbons (Fsp3) is 0.250. The van der Waals surface area contributed by atoms with Gasteiger partial charge in [-0.1, -0.05) is 29.9 Å². The Morgan fingerprint density at radius 2 is 1.90 bits per heavy atom. The smallest absolute Gasteiger partial charge is 0.343 e. The summed E-state index contributed by atoms with van der Waals surface area (Å²) in [6.07, 6.45) is 7.92. The summed E-state index contributed by atoms with van der Waals surface area (Å²) in [7, 11) is 0. The van der Waals surface area contributed by atoms with E-state index in [1.54, 1.807) is 19.1 Å². The third kappa shape index (κ3) is 4.71. The number of carbonyl (C=O) groups excluding carboxylic acids is 2. The first kappa shape index (κ1) is 22.0. The SMILES string of the molecule is C/C=C/C=C/C(=O)Nc1c(C(=O)OCC)cnn1-c1cc(C)c2cc(C)cc(C)c2n1. The van der Waals surface area contributed by atoms with Gasteiger partial charge in [-0.25, -0.2) is 9.78 Å². The van der Waals surface area contributed by atoms with Gasteiger partial charge >= 0.3 is 5.97 Å². The first-order valence-corrected chi connectivity index (χ1v) is 10.1. The van der Waals surface area contributed by atoms with Gasteiger partial charge in [0.25, 0.3) is 0 Å². The number of aryl methyl sites for hydroxylation is 3. The molecule has 0 aliphatic carbocycles. The number of benzene rings is 1. The van der Waals surface area contributed by atoms with Gasteiger partial charge in [0.2, 0.25) is 5.91 Å². The molecule has 0 fully saturated rings. The van der Waals surface area contributed by atoms with Gasteiger partial charge in [0.1, 0.15) is 5.56 Å². The van der Waals surface area contributed by atoms with E-state index in [1.165, 1.54) is 17.0 Å². The van der Waals surface area contributed by atoms with Crippen molar-refractivity contribution in [3.63, 3.8) is 0 Å². The number of esters is 1. The highest BCUT2D eigenvalue weighted by Gasteiger charge is 2.22. The number of pyridine rings is 1. The van der Waals surface area contributed by atoms with Gasteiger partial charge in [0, 0.05) is 11.5 Å². The summed E-state index contributed by atoms with van der Waals surface area (Å²) in [5, 5.41) is 8.14. The fourth-order valence-electron chi connectivity index (χ4n) is 3.35. The number of ether oxygens (including phenoxy) is 1. The second kappa shape index (κ2) is 9.38. The van der Waals surface area contributed by atoms with Gasteiger partial charge in [-0.3, -0.25) is 4.79 Å². The number of anilines is 1. The molecule has 160 valence electrons. The van der Waals surface area contributed by atoms with E-state index in [4.69, 9.17) is 9.72 Å². The lowest BCUT2D eigenvalue weighted by Gasteiger charge is -2.13. The first-order valence-electron chi connectivity index (χ1n) is 10.1. The van der Waals surface area contributed by atoms with E-state index >= 15 is 0 Å². The largest absolute Gasteiger partial charge is 0.462 e. The number of allylic oxidation sites excluding steroid dienone is 3. The summed E-state index contributed by atoms with van der Waals surface area (Å²) >= 11 is 0. The summed E-state index contributed by atoms with van der Waals surface area (Å²) in [4.78, 5) is 29.7. The molecule has 7 heteroatoms. The van der Waals surface area contributed by atoms with E-state index < -0.39 is 11.9 Å². The van der Waals surface area contributed by atoms with Crippen molar-refractivity contribution >= 4 is 28.6 Å². The lowest BCUT2D eigenvalue weighted by Crippen LogP contribution is -2.16. The maximum Gasteiger partial charge on any atom is 0.343 e. The molecule has 0 saturated heterocycles. The Kier molecular flexibility index (Phi) is 6.65. The Labute approximate surface area is 181 Å². The maximum atomic E-state index is 12.4. The zero-order valence-corrected chi connectivity index (χ0v) is 18.4. The molecule has 2 heterocycles. The molecule has 7 nitrogen and oxygen atoms in total. The van der Waals surface area contributed by atoms with Gasteiger partial charge in [-0.15, -0.1) is 0 Å². The highest BCUT2D eigenvalue weighted by Crippen LogP contribution is 2.27. The number of carbonyl (C=O) groups is 2. The minimum Gasteiger partial charge on any atom is -0.462 e. The normalized spacial score (nSPS) is 11.5. The predicted octanol–water partition coefficient (Wildman–Crippen LogP) is 4.59. The highest BCUT2D eigenvalue weighted by atomic mass is 16.5. The predicted molar refractivity (Wildman–Crippen MR) is 122 cm³/mol. The van der Waals surface area contributed by atoms with Crippen molar-refractivity contribution in [2.75, 3.05) is 11.9 Å². The second-order valence-electron chi connectivity index (χ2n) is 7.19. The van der Waals surface area contributed by atoms with Gasteiger partial charge < -0.3 is 10.1 Å². The third-order valence-electron chi connectivity index (χ3n) is 4.72. The van der Waals surface area contributed by atoms with Crippen LogP contribution in [0.5, 0.6) is 0 Å². The van der Waals surface area contributed by atoms with Crippen LogP contribution < -0.4 is 5.32 Å². The van der Waals surface area contributed by atoms with Crippen LogP contribution in [0.3, 0.4) is 0 Å². The summed E-state index contributed by atoms with van der Waals surface area (Å²) in [5.41, 5.74) is 4.23. The van der Waals surface area contributed by atoms with E-state index in [0.717, 1.165) is 27.6 Å². The molecule has 0 aliphatic heterocycles. The van der Waals surface area contributed by atoms with E-state index in [-0.39, 0.29) is 18.0 Å². The zero-order valence-electron chi connectivity index (χ0n) is 18.4. The van der Waals surface area contributed by atoms with Crippen molar-refractivity contribution < 1.29 is 14.3 Å². The third-order valence-corrected chi connectivity index (χ3v) is 4.72. The van der Waals surface area contributed by atoms with Crippen LogP contribution in [-0.2, 0) is 9.53 Å². The minimum atomic E-state index is -0.564. The number of fused-ring (bicyclic) bond motifs is 1. The molecule has 0 radical (unpaired) electrons. The lowest BCUT2D eigenvalue weighted by atomic mass is 10.0. The van der Waals surface area contributed by atoms with Crippen LogP contribution in [-0.4, -0.2) is 33.2 Å². The molecule has 31 heavy (non-hydrogen) atoms. The Hall–Kier alpha value is -3.74. The van der Waals surface area contributed by atoms with Crippen molar-refractivity contribution in [1.29, 1.82) is 0 Å². The molecule has 2 aromatic heterocycles. The van der Waals surface area contributed by atoms with Gasteiger partial charge in [0.15, 0.2) is 11.6 Å². The van der Waals surface area contributed by atoms with Crippen molar-refractivity contribution in [3.05, 3.63) is 71.0 Å². The molecule has 0 atom stereocenters. The maximum absolute atomic E-state index is 12.4. The number of rotatable bonds is 6. The highest BCUT2D eigenvalue weighted by molar-refractivity contribution is 6.04. The molecule has 1 aromatic carbocycles. The monoisotopic (exact) mass is 418 g/mol. The van der Waals surface area contributed by atoms with E-state index in [2.05, 4.69) is 22.5 Å². The first-order chi connectivity index (χ1) is 14.8. The average Bonchev–Trinajstić information content (AvgIpc) is 3.12. The van der Waals surface area contributed by atoms with Gasteiger partial charge in [-0.05, 0) is 57.9 Å². The Bertz CT molecular complexity index is 1210. The number of amides is 1. The number of nitrogens with zero attached hydrogens (tertiary/aromatic N) is 3. The second-order valence-corrected chi connectivity index (χ2v) is 7.19. The van der Waals surface area contributed by atoms with Gasteiger partial charge in [-0.2, -0.15) is 9.78 Å². The topological polar surface area (TPSA) is 86.1 Å². The lowest BCUT2D eigenvalue weighted by molar-refractivity contribution is -0.111. The molecule has 0 bridgehead atoms. The van der Waals surface area contributed by atoms with Crippen molar-refractivity contribution in [1.82, 2.24) is 14.8 Å². The standard InChI is InChI=1S/C24H26N4O3/c1-6-8-9-10-21(29)27-23-19(24(30)31-7-2)14-25-28(23)20-13-16(4)18-12-15(3)11-17(5)22(18)26-20/h6,8-14H,7H2,1-5H3,(H,27,29)/b8-6+,10-9+. The van der Waals surface area contributed by atoms with Crippen LogP contribution in [0.15, 0.2) is 48.7 Å². The quantitative estimate of drug-likeness (QED) is 0.359. The van der Waals surface area contributed by atoms with Crippen LogP contribution in [0.4, 0.5) is 5.82 Å². The molecule has 3 aromatic rings. The van der Waals surface area contributed by atoms with Crippen LogP contribution in [0.2, 0.25) is 0 Å².